The van der Waals surface area contributed by atoms with Gasteiger partial charge in [-0.3, -0.25) is 0 Å². The topological polar surface area (TPSA) is 40.5 Å². The summed E-state index contributed by atoms with van der Waals surface area (Å²) in [6.45, 7) is 21.2. The first-order valence-electron chi connectivity index (χ1n) is 12.6. The SMILES string of the molecule is CC(C)(C)c1cccc(O)c1.CC(C)(C)c1cccc(O)c1.Cc1cc[c-](C)c1.Cc1cc[c-](C)c1.[Zr+2]. The number of benzene rings is 2. The Balaban J connectivity index is 0.000000473. The van der Waals surface area contributed by atoms with Crippen molar-refractivity contribution in [2.75, 3.05) is 0 Å². The third-order valence-electron chi connectivity index (χ3n) is 5.55. The second-order valence-corrected chi connectivity index (χ2v) is 11.5. The number of aromatic hydroxyl groups is 2. The van der Waals surface area contributed by atoms with Crippen molar-refractivity contribution in [2.45, 2.75) is 80.1 Å². The standard InChI is InChI=1S/2C10H14O.2C7H9.Zr/c2*1-10(2,3)8-5-4-6-9(11)7-8;2*1-6-3-4-7(2)5-6;/h2*4-7,11H,1-3H3;2*3-5H,1-2H3;/q;;2*-1;+2. The van der Waals surface area contributed by atoms with E-state index in [1.54, 1.807) is 24.3 Å². The first-order valence-corrected chi connectivity index (χ1v) is 12.6. The predicted molar refractivity (Wildman–Crippen MR) is 157 cm³/mol. The van der Waals surface area contributed by atoms with Gasteiger partial charge >= 0.3 is 26.2 Å². The molecule has 2 N–H and O–H groups in total. The molecule has 198 valence electrons. The summed E-state index contributed by atoms with van der Waals surface area (Å²) in [6, 6.07) is 27.6. The first kappa shape index (κ1) is 34.6. The van der Waals surface area contributed by atoms with Gasteiger partial charge in [-0.05, 0) is 46.2 Å². The van der Waals surface area contributed by atoms with Gasteiger partial charge < -0.3 is 10.2 Å². The van der Waals surface area contributed by atoms with Gasteiger partial charge in [0.1, 0.15) is 11.5 Å². The molecule has 0 bridgehead atoms. The summed E-state index contributed by atoms with van der Waals surface area (Å²) in [4.78, 5) is 0. The monoisotopic (exact) mass is 576 g/mol. The molecular weight excluding hydrogens is 532 g/mol. The molecule has 0 aliphatic rings. The quantitative estimate of drug-likeness (QED) is 0.204. The zero-order chi connectivity index (χ0) is 27.5. The van der Waals surface area contributed by atoms with Crippen LogP contribution in [-0.2, 0) is 37.0 Å². The number of phenolic OH excluding ortho intramolecular Hbond substituents is 2. The van der Waals surface area contributed by atoms with Gasteiger partial charge in [-0.15, -0.1) is 0 Å². The zero-order valence-electron chi connectivity index (χ0n) is 24.5. The molecule has 0 aliphatic heterocycles. The maximum absolute atomic E-state index is 9.18. The molecule has 4 rings (SSSR count). The van der Waals surface area contributed by atoms with Gasteiger partial charge in [-0.25, -0.2) is 23.3 Å². The van der Waals surface area contributed by atoms with Crippen molar-refractivity contribution >= 4 is 0 Å². The second kappa shape index (κ2) is 15.8. The van der Waals surface area contributed by atoms with Crippen LogP contribution in [0.2, 0.25) is 0 Å². The molecule has 0 aromatic heterocycles. The minimum absolute atomic E-state index is 0. The molecule has 0 atom stereocenters. The molecule has 0 saturated heterocycles. The Bertz CT molecular complexity index is 1040. The fourth-order valence-electron chi connectivity index (χ4n) is 3.38. The van der Waals surface area contributed by atoms with Crippen LogP contribution in [0.25, 0.3) is 0 Å². The molecule has 0 fully saturated rings. The summed E-state index contributed by atoms with van der Waals surface area (Å²) in [7, 11) is 0. The van der Waals surface area contributed by atoms with Gasteiger partial charge in [-0.2, -0.15) is 35.4 Å². The van der Waals surface area contributed by atoms with Crippen molar-refractivity contribution in [1.29, 1.82) is 0 Å². The minimum Gasteiger partial charge on any atom is -0.508 e. The van der Waals surface area contributed by atoms with Crippen LogP contribution >= 0.6 is 0 Å². The van der Waals surface area contributed by atoms with Crippen molar-refractivity contribution < 1.29 is 36.4 Å². The van der Waals surface area contributed by atoms with E-state index in [2.05, 4.69) is 106 Å². The van der Waals surface area contributed by atoms with Gasteiger partial charge in [0.25, 0.3) is 0 Å². The van der Waals surface area contributed by atoms with Crippen molar-refractivity contribution in [1.82, 2.24) is 0 Å². The molecule has 2 nitrogen and oxygen atoms in total. The molecule has 0 heterocycles. The normalized spacial score (nSPS) is 10.4. The zero-order valence-corrected chi connectivity index (χ0v) is 26.9. The Labute approximate surface area is 245 Å². The average Bonchev–Trinajstić information content (AvgIpc) is 3.34. The summed E-state index contributed by atoms with van der Waals surface area (Å²) >= 11 is 0. The van der Waals surface area contributed by atoms with Crippen LogP contribution in [0.5, 0.6) is 11.5 Å². The summed E-state index contributed by atoms with van der Waals surface area (Å²) < 4.78 is 0. The molecular formula is C34H46O2Zr. The molecule has 4 aromatic carbocycles. The van der Waals surface area contributed by atoms with Crippen LogP contribution in [0, 0.1) is 27.7 Å². The maximum Gasteiger partial charge on any atom is 2.00 e. The van der Waals surface area contributed by atoms with E-state index >= 15 is 0 Å². The summed E-state index contributed by atoms with van der Waals surface area (Å²) in [6.07, 6.45) is 0. The fourth-order valence-corrected chi connectivity index (χ4v) is 3.38. The Morgan fingerprint density at radius 3 is 1.03 bits per heavy atom. The number of aryl methyl sites for hydroxylation is 4. The Morgan fingerprint density at radius 1 is 0.568 bits per heavy atom. The second-order valence-electron chi connectivity index (χ2n) is 11.5. The van der Waals surface area contributed by atoms with E-state index in [1.165, 1.54) is 22.3 Å². The molecule has 0 radical (unpaired) electrons. The van der Waals surface area contributed by atoms with E-state index in [-0.39, 0.29) is 37.0 Å². The molecule has 0 saturated carbocycles. The van der Waals surface area contributed by atoms with Crippen LogP contribution in [0.1, 0.15) is 74.9 Å². The van der Waals surface area contributed by atoms with Crippen molar-refractivity contribution in [3.05, 3.63) is 118 Å². The van der Waals surface area contributed by atoms with Gasteiger partial charge in [0, 0.05) is 0 Å². The van der Waals surface area contributed by atoms with Crippen LogP contribution in [0.15, 0.2) is 84.9 Å². The smallest absolute Gasteiger partial charge is 0.508 e. The molecule has 0 spiro atoms. The maximum atomic E-state index is 9.18. The van der Waals surface area contributed by atoms with Gasteiger partial charge in [0.15, 0.2) is 0 Å². The van der Waals surface area contributed by atoms with Crippen LogP contribution < -0.4 is 0 Å². The van der Waals surface area contributed by atoms with Crippen LogP contribution in [0.4, 0.5) is 0 Å². The Kier molecular flexibility index (Phi) is 14.8. The van der Waals surface area contributed by atoms with E-state index in [4.69, 9.17) is 0 Å². The van der Waals surface area contributed by atoms with E-state index in [0.717, 1.165) is 11.1 Å². The van der Waals surface area contributed by atoms with Crippen molar-refractivity contribution in [3.63, 3.8) is 0 Å². The molecule has 0 amide bonds. The average molecular weight is 578 g/mol. The molecule has 3 heteroatoms. The van der Waals surface area contributed by atoms with E-state index in [1.807, 2.05) is 24.3 Å². The van der Waals surface area contributed by atoms with E-state index < -0.39 is 0 Å². The number of rotatable bonds is 0. The predicted octanol–water partition coefficient (Wildman–Crippen LogP) is 9.42. The Morgan fingerprint density at radius 2 is 0.892 bits per heavy atom. The molecule has 4 aromatic rings. The fraction of sp³-hybridized carbons (Fsp3) is 0.353. The van der Waals surface area contributed by atoms with Crippen molar-refractivity contribution in [3.8, 4) is 11.5 Å². The third-order valence-corrected chi connectivity index (χ3v) is 5.55. The van der Waals surface area contributed by atoms with Gasteiger partial charge in [0.2, 0.25) is 0 Å². The van der Waals surface area contributed by atoms with Crippen LogP contribution in [-0.4, -0.2) is 10.2 Å². The van der Waals surface area contributed by atoms with Crippen molar-refractivity contribution in [2.24, 2.45) is 0 Å². The molecule has 0 aliphatic carbocycles. The minimum atomic E-state index is 0. The Hall–Kier alpha value is -2.38. The van der Waals surface area contributed by atoms with Gasteiger partial charge in [-0.1, -0.05) is 93.5 Å². The van der Waals surface area contributed by atoms with Gasteiger partial charge in [0.05, 0.1) is 0 Å². The third kappa shape index (κ3) is 14.8. The molecule has 0 unspecified atom stereocenters. The molecule has 37 heavy (non-hydrogen) atoms. The largest absolute Gasteiger partial charge is 2.00 e. The first-order chi connectivity index (χ1) is 16.6. The van der Waals surface area contributed by atoms with E-state index in [0.29, 0.717) is 11.5 Å². The number of hydrogen-bond acceptors (Lipinski definition) is 2. The van der Waals surface area contributed by atoms with Crippen LogP contribution in [0.3, 0.4) is 0 Å². The van der Waals surface area contributed by atoms with E-state index in [9.17, 15) is 10.2 Å². The summed E-state index contributed by atoms with van der Waals surface area (Å²) in [5.74, 6) is 0.690. The number of hydrogen-bond donors (Lipinski definition) is 2. The number of phenols is 2. The summed E-state index contributed by atoms with van der Waals surface area (Å²) in [5, 5.41) is 18.4. The summed E-state index contributed by atoms with van der Waals surface area (Å²) in [5.41, 5.74) is 8.01.